The standard InChI is InChI=1S/C20H22O2/c21-17-4-5-18-20(16-3-1-2-15(16)19(17)22-18)13-7-11-6-12(9-13)10-14(20)8-11/h1-5,11-15,18-19H,6-10H2/t11?,12?,13?,14?,15?,18-,19-,20?/m1/s1. The van der Waals surface area contributed by atoms with Crippen LogP contribution >= 0.6 is 0 Å². The molecule has 22 heavy (non-hydrogen) atoms. The number of hydrogen-bond acceptors (Lipinski definition) is 2. The summed E-state index contributed by atoms with van der Waals surface area (Å²) in [6, 6.07) is 0. The third kappa shape index (κ3) is 1.23. The van der Waals surface area contributed by atoms with E-state index in [-0.39, 0.29) is 29.3 Å². The van der Waals surface area contributed by atoms with Crippen LogP contribution in [0.4, 0.5) is 0 Å². The van der Waals surface area contributed by atoms with E-state index in [1.807, 2.05) is 6.08 Å². The van der Waals surface area contributed by atoms with Crippen LogP contribution in [0.15, 0.2) is 36.0 Å². The summed E-state index contributed by atoms with van der Waals surface area (Å²) in [7, 11) is 0. The topological polar surface area (TPSA) is 26.3 Å². The van der Waals surface area contributed by atoms with Gasteiger partial charge in [-0.2, -0.15) is 0 Å². The summed E-state index contributed by atoms with van der Waals surface area (Å²) >= 11 is 0. The van der Waals surface area contributed by atoms with Gasteiger partial charge < -0.3 is 4.74 Å². The highest BCUT2D eigenvalue weighted by atomic mass is 16.5. The van der Waals surface area contributed by atoms with E-state index in [0.29, 0.717) is 0 Å². The molecule has 0 aromatic heterocycles. The van der Waals surface area contributed by atoms with Gasteiger partial charge in [0.25, 0.3) is 0 Å². The van der Waals surface area contributed by atoms with Crippen LogP contribution in [0.2, 0.25) is 0 Å². The maximum Gasteiger partial charge on any atom is 0.185 e. The molecule has 2 nitrogen and oxygen atoms in total. The largest absolute Gasteiger partial charge is 0.361 e. The predicted octanol–water partition coefficient (Wildman–Crippen LogP) is 3.45. The lowest BCUT2D eigenvalue weighted by molar-refractivity contribution is -0.195. The molecule has 0 aromatic rings. The Morgan fingerprint density at radius 2 is 1.73 bits per heavy atom. The molecule has 0 amide bonds. The number of carbonyl (C=O) groups excluding carboxylic acids is 1. The number of hydrogen-bond donors (Lipinski definition) is 0. The van der Waals surface area contributed by atoms with Crippen molar-refractivity contribution in [2.75, 3.05) is 0 Å². The third-order valence-electron chi connectivity index (χ3n) is 7.75. The van der Waals surface area contributed by atoms with Gasteiger partial charge in [0.1, 0.15) is 6.10 Å². The van der Waals surface area contributed by atoms with Crippen molar-refractivity contribution in [2.45, 2.75) is 44.3 Å². The summed E-state index contributed by atoms with van der Waals surface area (Å²) in [5, 5.41) is 0. The molecule has 7 aliphatic rings. The van der Waals surface area contributed by atoms with E-state index < -0.39 is 0 Å². The zero-order valence-electron chi connectivity index (χ0n) is 12.8. The molecule has 4 saturated carbocycles. The zero-order valence-corrected chi connectivity index (χ0v) is 12.8. The molecule has 1 saturated heterocycles. The van der Waals surface area contributed by atoms with Crippen LogP contribution in [0, 0.1) is 35.0 Å². The quantitative estimate of drug-likeness (QED) is 0.684. The van der Waals surface area contributed by atoms with E-state index in [9.17, 15) is 4.79 Å². The van der Waals surface area contributed by atoms with Crippen LogP contribution < -0.4 is 0 Å². The average molecular weight is 294 g/mol. The van der Waals surface area contributed by atoms with Crippen LogP contribution in [-0.4, -0.2) is 18.0 Å². The monoisotopic (exact) mass is 294 g/mol. The molecule has 6 bridgehead atoms. The fraction of sp³-hybridized carbons (Fsp3) is 0.650. The molecule has 2 heterocycles. The third-order valence-corrected chi connectivity index (χ3v) is 7.75. The summed E-state index contributed by atoms with van der Waals surface area (Å²) < 4.78 is 6.40. The molecular weight excluding hydrogens is 272 g/mol. The fourth-order valence-corrected chi connectivity index (χ4v) is 7.34. The molecule has 2 aliphatic heterocycles. The lowest BCUT2D eigenvalue weighted by Crippen LogP contribution is -2.64. The molecule has 114 valence electrons. The lowest BCUT2D eigenvalue weighted by Gasteiger charge is -2.66. The second-order valence-electron chi connectivity index (χ2n) is 8.51. The normalized spacial score (nSPS) is 56.6. The Labute approximate surface area is 131 Å². The van der Waals surface area contributed by atoms with Crippen LogP contribution in [0.5, 0.6) is 0 Å². The molecule has 5 aliphatic carbocycles. The van der Waals surface area contributed by atoms with Gasteiger partial charge in [0.05, 0.1) is 6.10 Å². The first-order chi connectivity index (χ1) is 10.8. The van der Waals surface area contributed by atoms with Crippen LogP contribution in [0.1, 0.15) is 32.1 Å². The first kappa shape index (κ1) is 12.3. The minimum atomic E-state index is -0.247. The molecule has 3 atom stereocenters. The Bertz CT molecular complexity index is 625. The van der Waals surface area contributed by atoms with Gasteiger partial charge in [0, 0.05) is 11.3 Å². The molecule has 5 fully saturated rings. The molecule has 2 heteroatoms. The molecule has 7 rings (SSSR count). The number of allylic oxidation sites excluding steroid dienone is 2. The van der Waals surface area contributed by atoms with Gasteiger partial charge in [-0.15, -0.1) is 0 Å². The Morgan fingerprint density at radius 3 is 2.45 bits per heavy atom. The van der Waals surface area contributed by atoms with Crippen molar-refractivity contribution >= 4 is 5.78 Å². The summed E-state index contributed by atoms with van der Waals surface area (Å²) in [6.45, 7) is 0. The van der Waals surface area contributed by atoms with Gasteiger partial charge in [-0.1, -0.05) is 29.9 Å². The first-order valence-electron chi connectivity index (χ1n) is 9.03. The van der Waals surface area contributed by atoms with Crippen LogP contribution in [0.25, 0.3) is 0 Å². The van der Waals surface area contributed by atoms with Gasteiger partial charge in [0.15, 0.2) is 5.78 Å². The van der Waals surface area contributed by atoms with Crippen molar-refractivity contribution in [1.29, 1.82) is 0 Å². The first-order valence-corrected chi connectivity index (χ1v) is 9.03. The second-order valence-corrected chi connectivity index (χ2v) is 8.51. The molecule has 0 N–H and O–H groups in total. The Balaban J connectivity index is 1.56. The number of carbonyl (C=O) groups is 1. The number of ketones is 1. The SMILES string of the molecule is O=C1C=C[C@H]2O[C@@H]1C1C=CC=C1C21C2CC3CC(C2)CC1C3. The lowest BCUT2D eigenvalue weighted by atomic mass is 9.40. The summed E-state index contributed by atoms with van der Waals surface area (Å²) in [5.41, 5.74) is 1.76. The fourth-order valence-electron chi connectivity index (χ4n) is 7.34. The van der Waals surface area contributed by atoms with Gasteiger partial charge in [-0.05, 0) is 61.9 Å². The summed E-state index contributed by atoms with van der Waals surface area (Å²) in [6.07, 6.45) is 17.6. The van der Waals surface area contributed by atoms with Crippen LogP contribution in [0.3, 0.4) is 0 Å². The van der Waals surface area contributed by atoms with Crippen molar-refractivity contribution < 1.29 is 9.53 Å². The molecule has 1 spiro atoms. The van der Waals surface area contributed by atoms with Crippen molar-refractivity contribution in [3.05, 3.63) is 36.0 Å². The Kier molecular flexibility index (Phi) is 2.15. The highest BCUT2D eigenvalue weighted by Gasteiger charge is 2.66. The van der Waals surface area contributed by atoms with E-state index >= 15 is 0 Å². The van der Waals surface area contributed by atoms with E-state index in [1.165, 1.54) is 32.1 Å². The molecule has 0 aromatic carbocycles. The van der Waals surface area contributed by atoms with E-state index in [4.69, 9.17) is 4.74 Å². The highest BCUT2D eigenvalue weighted by molar-refractivity contribution is 5.95. The minimum Gasteiger partial charge on any atom is -0.361 e. The van der Waals surface area contributed by atoms with E-state index in [2.05, 4.69) is 24.3 Å². The Morgan fingerprint density at radius 1 is 1.00 bits per heavy atom. The molecule has 0 radical (unpaired) electrons. The van der Waals surface area contributed by atoms with Crippen molar-refractivity contribution in [1.82, 2.24) is 0 Å². The maximum absolute atomic E-state index is 12.3. The van der Waals surface area contributed by atoms with E-state index in [1.54, 1.807) is 5.57 Å². The second kappa shape index (κ2) is 3.84. The number of rotatable bonds is 0. The smallest absolute Gasteiger partial charge is 0.185 e. The van der Waals surface area contributed by atoms with Gasteiger partial charge in [-0.3, -0.25) is 4.79 Å². The average Bonchev–Trinajstić information content (AvgIpc) is 2.98. The van der Waals surface area contributed by atoms with Gasteiger partial charge in [-0.25, -0.2) is 0 Å². The van der Waals surface area contributed by atoms with Crippen molar-refractivity contribution in [3.63, 3.8) is 0 Å². The van der Waals surface area contributed by atoms with Crippen LogP contribution in [-0.2, 0) is 9.53 Å². The summed E-state index contributed by atoms with van der Waals surface area (Å²) in [4.78, 5) is 12.3. The minimum absolute atomic E-state index is 0.146. The Hall–Kier alpha value is -1.15. The maximum atomic E-state index is 12.3. The zero-order chi connectivity index (χ0) is 14.5. The van der Waals surface area contributed by atoms with Gasteiger partial charge >= 0.3 is 0 Å². The molecular formula is C20H22O2. The van der Waals surface area contributed by atoms with E-state index in [0.717, 1.165) is 23.7 Å². The predicted molar refractivity (Wildman–Crippen MR) is 83.0 cm³/mol. The van der Waals surface area contributed by atoms with Crippen molar-refractivity contribution in [2.24, 2.45) is 35.0 Å². The van der Waals surface area contributed by atoms with Crippen molar-refractivity contribution in [3.8, 4) is 0 Å². The summed E-state index contributed by atoms with van der Waals surface area (Å²) in [5.74, 6) is 3.87. The highest BCUT2D eigenvalue weighted by Crippen LogP contribution is 2.69. The molecule has 1 unspecified atom stereocenters. The number of fused-ring (bicyclic) bond motifs is 4. The van der Waals surface area contributed by atoms with Gasteiger partial charge in [0.2, 0.25) is 0 Å². The number of ether oxygens (including phenoxy) is 1.